The maximum atomic E-state index is 11.9. The molecule has 0 heterocycles. The fourth-order valence-corrected chi connectivity index (χ4v) is 4.43. The Hall–Kier alpha value is -1.23. The molecule has 21 heavy (non-hydrogen) atoms. The number of hydrogen-bond acceptors (Lipinski definition) is 4. The zero-order valence-electron chi connectivity index (χ0n) is 13.0. The molecule has 1 aromatic rings. The van der Waals surface area contributed by atoms with Gasteiger partial charge in [-0.15, -0.1) is 0 Å². The SMILES string of the molecule is CCCN(c1cccc(N)c1)C1CCCC(S(C)(=O)=O)C1. The first-order chi connectivity index (χ1) is 9.91. The summed E-state index contributed by atoms with van der Waals surface area (Å²) >= 11 is 0. The van der Waals surface area contributed by atoms with E-state index in [0.29, 0.717) is 6.04 Å². The maximum Gasteiger partial charge on any atom is 0.150 e. The van der Waals surface area contributed by atoms with E-state index in [0.717, 1.165) is 50.0 Å². The van der Waals surface area contributed by atoms with Crippen molar-refractivity contribution in [2.45, 2.75) is 50.3 Å². The van der Waals surface area contributed by atoms with Gasteiger partial charge in [0.1, 0.15) is 9.84 Å². The van der Waals surface area contributed by atoms with Crippen molar-refractivity contribution in [1.82, 2.24) is 0 Å². The van der Waals surface area contributed by atoms with Gasteiger partial charge < -0.3 is 10.6 Å². The molecule has 118 valence electrons. The van der Waals surface area contributed by atoms with Gasteiger partial charge in [0.05, 0.1) is 5.25 Å². The maximum absolute atomic E-state index is 11.9. The molecule has 1 saturated carbocycles. The Morgan fingerprint density at radius 1 is 1.33 bits per heavy atom. The highest BCUT2D eigenvalue weighted by atomic mass is 32.2. The van der Waals surface area contributed by atoms with Crippen LogP contribution in [0, 0.1) is 0 Å². The third kappa shape index (κ3) is 4.13. The van der Waals surface area contributed by atoms with Crippen LogP contribution in [0.15, 0.2) is 24.3 Å². The number of anilines is 2. The highest BCUT2D eigenvalue weighted by Gasteiger charge is 2.31. The van der Waals surface area contributed by atoms with Gasteiger partial charge >= 0.3 is 0 Å². The van der Waals surface area contributed by atoms with E-state index in [1.807, 2.05) is 18.2 Å². The topological polar surface area (TPSA) is 63.4 Å². The second kappa shape index (κ2) is 6.69. The van der Waals surface area contributed by atoms with Crippen LogP contribution in [-0.2, 0) is 9.84 Å². The number of nitrogens with two attached hydrogens (primary N) is 1. The van der Waals surface area contributed by atoms with Crippen LogP contribution in [0.2, 0.25) is 0 Å². The van der Waals surface area contributed by atoms with E-state index in [2.05, 4.69) is 17.9 Å². The van der Waals surface area contributed by atoms with Gasteiger partial charge in [-0.05, 0) is 43.9 Å². The minimum absolute atomic E-state index is 0.198. The average molecular weight is 310 g/mol. The lowest BCUT2D eigenvalue weighted by atomic mass is 9.93. The molecule has 0 amide bonds. The third-order valence-corrected chi connectivity index (χ3v) is 5.95. The summed E-state index contributed by atoms with van der Waals surface area (Å²) in [5.74, 6) is 0. The summed E-state index contributed by atoms with van der Waals surface area (Å²) in [4.78, 5) is 2.34. The summed E-state index contributed by atoms with van der Waals surface area (Å²) < 4.78 is 23.7. The number of benzene rings is 1. The first-order valence-corrected chi connectivity index (χ1v) is 9.68. The molecular formula is C16H26N2O2S. The van der Waals surface area contributed by atoms with E-state index in [-0.39, 0.29) is 5.25 Å². The summed E-state index contributed by atoms with van der Waals surface area (Å²) in [5, 5.41) is -0.198. The molecule has 1 aromatic carbocycles. The molecule has 2 N–H and O–H groups in total. The van der Waals surface area contributed by atoms with Crippen LogP contribution in [0.3, 0.4) is 0 Å². The van der Waals surface area contributed by atoms with E-state index in [1.165, 1.54) is 6.26 Å². The Morgan fingerprint density at radius 3 is 2.71 bits per heavy atom. The lowest BCUT2D eigenvalue weighted by molar-refractivity contribution is 0.410. The summed E-state index contributed by atoms with van der Waals surface area (Å²) in [5.41, 5.74) is 7.76. The molecule has 1 aliphatic carbocycles. The monoisotopic (exact) mass is 310 g/mol. The van der Waals surface area contributed by atoms with Crippen molar-refractivity contribution in [3.8, 4) is 0 Å². The standard InChI is InChI=1S/C16H26N2O2S/c1-3-10-18(14-7-4-6-13(17)11-14)15-8-5-9-16(12-15)21(2,19)20/h4,6-7,11,15-16H,3,5,8-10,12,17H2,1-2H3. The van der Waals surface area contributed by atoms with Gasteiger partial charge in [0, 0.05) is 30.2 Å². The van der Waals surface area contributed by atoms with Gasteiger partial charge in [0.25, 0.3) is 0 Å². The molecule has 0 radical (unpaired) electrons. The zero-order chi connectivity index (χ0) is 15.5. The number of rotatable bonds is 5. The summed E-state index contributed by atoms with van der Waals surface area (Å²) in [6.07, 6.45) is 5.96. The van der Waals surface area contributed by atoms with Gasteiger partial charge in [-0.3, -0.25) is 0 Å². The summed E-state index contributed by atoms with van der Waals surface area (Å²) in [6, 6.07) is 8.19. The largest absolute Gasteiger partial charge is 0.399 e. The van der Waals surface area contributed by atoms with Crippen molar-refractivity contribution in [2.75, 3.05) is 23.4 Å². The normalized spacial score (nSPS) is 23.0. The summed E-state index contributed by atoms with van der Waals surface area (Å²) in [7, 11) is -2.95. The number of sulfone groups is 1. The first kappa shape index (κ1) is 16.1. The van der Waals surface area contributed by atoms with Crippen molar-refractivity contribution in [3.63, 3.8) is 0 Å². The lowest BCUT2D eigenvalue weighted by Gasteiger charge is -2.38. The van der Waals surface area contributed by atoms with E-state index >= 15 is 0 Å². The Morgan fingerprint density at radius 2 is 2.10 bits per heavy atom. The van der Waals surface area contributed by atoms with Gasteiger partial charge in [0.2, 0.25) is 0 Å². The molecule has 0 aromatic heterocycles. The summed E-state index contributed by atoms with van der Waals surface area (Å²) in [6.45, 7) is 3.08. The van der Waals surface area contributed by atoms with Gasteiger partial charge in [-0.2, -0.15) is 0 Å². The predicted octanol–water partition coefficient (Wildman–Crippen LogP) is 2.84. The van der Waals surface area contributed by atoms with Crippen molar-refractivity contribution < 1.29 is 8.42 Å². The third-order valence-electron chi connectivity index (χ3n) is 4.31. The van der Waals surface area contributed by atoms with Crippen LogP contribution < -0.4 is 10.6 Å². The number of hydrogen-bond donors (Lipinski definition) is 1. The van der Waals surface area contributed by atoms with Crippen molar-refractivity contribution >= 4 is 21.2 Å². The molecule has 0 aliphatic heterocycles. The first-order valence-electron chi connectivity index (χ1n) is 7.73. The molecule has 5 heteroatoms. The highest BCUT2D eigenvalue weighted by Crippen LogP contribution is 2.31. The Bertz CT molecular complexity index is 571. The smallest absolute Gasteiger partial charge is 0.150 e. The minimum Gasteiger partial charge on any atom is -0.399 e. The Kier molecular flexibility index (Phi) is 5.14. The van der Waals surface area contributed by atoms with Crippen molar-refractivity contribution in [2.24, 2.45) is 0 Å². The van der Waals surface area contributed by atoms with Crippen LogP contribution in [0.25, 0.3) is 0 Å². The van der Waals surface area contributed by atoms with Gasteiger partial charge in [0.15, 0.2) is 0 Å². The van der Waals surface area contributed by atoms with E-state index in [1.54, 1.807) is 0 Å². The Labute approximate surface area is 128 Å². The second-order valence-corrected chi connectivity index (χ2v) is 8.39. The molecule has 1 fully saturated rings. The van der Waals surface area contributed by atoms with Gasteiger partial charge in [-0.1, -0.05) is 19.4 Å². The molecular weight excluding hydrogens is 284 g/mol. The van der Waals surface area contributed by atoms with Crippen molar-refractivity contribution in [3.05, 3.63) is 24.3 Å². The quantitative estimate of drug-likeness (QED) is 0.849. The molecule has 2 unspecified atom stereocenters. The molecule has 1 aliphatic rings. The molecule has 2 atom stereocenters. The van der Waals surface area contributed by atoms with Crippen molar-refractivity contribution in [1.29, 1.82) is 0 Å². The average Bonchev–Trinajstić information content (AvgIpc) is 2.44. The fraction of sp³-hybridized carbons (Fsp3) is 0.625. The minimum atomic E-state index is -2.95. The van der Waals surface area contributed by atoms with Crippen LogP contribution in [0.4, 0.5) is 11.4 Å². The Balaban J connectivity index is 2.22. The predicted molar refractivity (Wildman–Crippen MR) is 89.4 cm³/mol. The van der Waals surface area contributed by atoms with Crippen LogP contribution in [0.5, 0.6) is 0 Å². The van der Waals surface area contributed by atoms with E-state index in [9.17, 15) is 8.42 Å². The van der Waals surface area contributed by atoms with E-state index in [4.69, 9.17) is 5.73 Å². The van der Waals surface area contributed by atoms with E-state index < -0.39 is 9.84 Å². The fourth-order valence-electron chi connectivity index (χ4n) is 3.26. The molecule has 0 spiro atoms. The second-order valence-electron chi connectivity index (χ2n) is 6.06. The number of nitrogen functional groups attached to an aromatic ring is 1. The number of nitrogens with zero attached hydrogens (tertiary/aromatic N) is 1. The lowest BCUT2D eigenvalue weighted by Crippen LogP contribution is -2.42. The molecule has 0 saturated heterocycles. The molecule has 2 rings (SSSR count). The van der Waals surface area contributed by atoms with Crippen LogP contribution >= 0.6 is 0 Å². The van der Waals surface area contributed by atoms with Crippen LogP contribution in [0.1, 0.15) is 39.0 Å². The highest BCUT2D eigenvalue weighted by molar-refractivity contribution is 7.91. The molecule has 0 bridgehead atoms. The zero-order valence-corrected chi connectivity index (χ0v) is 13.8. The van der Waals surface area contributed by atoms with Crippen LogP contribution in [-0.4, -0.2) is 32.5 Å². The van der Waals surface area contributed by atoms with Gasteiger partial charge in [-0.25, -0.2) is 8.42 Å². The molecule has 4 nitrogen and oxygen atoms in total.